The van der Waals surface area contributed by atoms with E-state index in [4.69, 9.17) is 5.73 Å². The molecule has 1 aliphatic rings. The first kappa shape index (κ1) is 13.9. The summed E-state index contributed by atoms with van der Waals surface area (Å²) in [4.78, 5) is 0. The van der Waals surface area contributed by atoms with Crippen molar-refractivity contribution in [2.45, 2.75) is 37.6 Å². The monoisotopic (exact) mass is 364 g/mol. The average Bonchev–Trinajstić information content (AvgIpc) is 2.37. The van der Waals surface area contributed by atoms with Gasteiger partial charge in [-0.25, -0.2) is 4.39 Å². The molecule has 1 saturated carbocycles. The van der Waals surface area contributed by atoms with Crippen LogP contribution >= 0.6 is 22.6 Å². The number of rotatable bonds is 3. The van der Waals surface area contributed by atoms with E-state index in [2.05, 4.69) is 5.32 Å². The normalized spacial score (nSPS) is 18.6. The number of aliphatic hydroxyl groups excluding tert-OH is 1. The quantitative estimate of drug-likeness (QED) is 0.571. The van der Waals surface area contributed by atoms with E-state index in [-0.39, 0.29) is 18.0 Å². The lowest BCUT2D eigenvalue weighted by molar-refractivity contribution is 0.173. The summed E-state index contributed by atoms with van der Waals surface area (Å²) < 4.78 is 14.1. The van der Waals surface area contributed by atoms with Crippen molar-refractivity contribution in [3.63, 3.8) is 0 Å². The Bertz CT molecular complexity index is 433. The molecule has 0 heterocycles. The Labute approximate surface area is 120 Å². The first-order valence-corrected chi connectivity index (χ1v) is 7.28. The molecule has 0 spiro atoms. The molecule has 0 radical (unpaired) electrons. The molecule has 1 aliphatic carbocycles. The number of nitrogens with one attached hydrogen (secondary N) is 1. The summed E-state index contributed by atoms with van der Waals surface area (Å²) in [6.07, 6.45) is 5.16. The van der Waals surface area contributed by atoms with E-state index < -0.39 is 0 Å². The Kier molecular flexibility index (Phi) is 4.32. The third-order valence-electron chi connectivity index (χ3n) is 3.61. The summed E-state index contributed by atoms with van der Waals surface area (Å²) in [5, 5.41) is 12.9. The van der Waals surface area contributed by atoms with E-state index in [1.54, 1.807) is 6.07 Å². The zero-order valence-electron chi connectivity index (χ0n) is 10.2. The fourth-order valence-electron chi connectivity index (χ4n) is 2.51. The topological polar surface area (TPSA) is 58.3 Å². The standard InChI is InChI=1S/C13H18FIN2O/c14-9-6-12(11(16)7-10(9)15)17-13(8-18)4-2-1-3-5-13/h6-7,17-18H,1-5,8,16H2. The van der Waals surface area contributed by atoms with Crippen LogP contribution in [0, 0.1) is 9.39 Å². The second-order valence-corrected chi connectivity index (χ2v) is 6.14. The lowest BCUT2D eigenvalue weighted by atomic mass is 9.82. The van der Waals surface area contributed by atoms with Crippen LogP contribution in [-0.4, -0.2) is 17.3 Å². The fraction of sp³-hybridized carbons (Fsp3) is 0.538. The number of nitrogens with two attached hydrogens (primary N) is 1. The molecule has 0 unspecified atom stereocenters. The van der Waals surface area contributed by atoms with Crippen LogP contribution in [0.25, 0.3) is 0 Å². The molecule has 0 saturated heterocycles. The summed E-state index contributed by atoms with van der Waals surface area (Å²) in [5.41, 5.74) is 6.68. The molecule has 4 N–H and O–H groups in total. The molecule has 2 rings (SSSR count). The summed E-state index contributed by atoms with van der Waals surface area (Å²) in [7, 11) is 0. The minimum absolute atomic E-state index is 0.0556. The highest BCUT2D eigenvalue weighted by Crippen LogP contribution is 2.34. The van der Waals surface area contributed by atoms with Crippen molar-refractivity contribution in [2.75, 3.05) is 17.7 Å². The van der Waals surface area contributed by atoms with E-state index in [0.29, 0.717) is 14.9 Å². The zero-order chi connectivity index (χ0) is 13.2. The van der Waals surface area contributed by atoms with Gasteiger partial charge in [0.2, 0.25) is 0 Å². The van der Waals surface area contributed by atoms with Gasteiger partial charge in [-0.2, -0.15) is 0 Å². The van der Waals surface area contributed by atoms with Crippen LogP contribution < -0.4 is 11.1 Å². The zero-order valence-corrected chi connectivity index (χ0v) is 12.3. The lowest BCUT2D eigenvalue weighted by Gasteiger charge is -2.37. The number of halogens is 2. The van der Waals surface area contributed by atoms with Gasteiger partial charge < -0.3 is 16.2 Å². The highest BCUT2D eigenvalue weighted by Gasteiger charge is 2.31. The second kappa shape index (κ2) is 5.61. The Morgan fingerprint density at radius 1 is 1.33 bits per heavy atom. The van der Waals surface area contributed by atoms with Crippen LogP contribution in [0.15, 0.2) is 12.1 Å². The minimum Gasteiger partial charge on any atom is -0.397 e. The van der Waals surface area contributed by atoms with Crippen molar-refractivity contribution < 1.29 is 9.50 Å². The van der Waals surface area contributed by atoms with Gasteiger partial charge in [-0.3, -0.25) is 0 Å². The van der Waals surface area contributed by atoms with Crippen molar-refractivity contribution in [1.29, 1.82) is 0 Å². The molecular weight excluding hydrogens is 346 g/mol. The van der Waals surface area contributed by atoms with Crippen LogP contribution in [0.5, 0.6) is 0 Å². The maximum atomic E-state index is 13.6. The van der Waals surface area contributed by atoms with Gasteiger partial charge in [0.05, 0.1) is 27.1 Å². The van der Waals surface area contributed by atoms with Crippen LogP contribution in [-0.2, 0) is 0 Å². The summed E-state index contributed by atoms with van der Waals surface area (Å²) in [5.74, 6) is -0.281. The Morgan fingerprint density at radius 3 is 2.61 bits per heavy atom. The number of benzene rings is 1. The van der Waals surface area contributed by atoms with Gasteiger partial charge >= 0.3 is 0 Å². The molecule has 3 nitrogen and oxygen atoms in total. The molecule has 18 heavy (non-hydrogen) atoms. The second-order valence-electron chi connectivity index (χ2n) is 4.98. The van der Waals surface area contributed by atoms with Crippen molar-refractivity contribution in [3.8, 4) is 0 Å². The Balaban J connectivity index is 2.24. The number of anilines is 2. The van der Waals surface area contributed by atoms with Gasteiger partial charge in [-0.05, 0) is 41.5 Å². The molecule has 0 amide bonds. The van der Waals surface area contributed by atoms with Crippen molar-refractivity contribution >= 4 is 34.0 Å². The van der Waals surface area contributed by atoms with E-state index in [1.807, 2.05) is 22.6 Å². The number of hydrogen-bond donors (Lipinski definition) is 3. The molecule has 100 valence electrons. The van der Waals surface area contributed by atoms with E-state index in [0.717, 1.165) is 25.7 Å². The third kappa shape index (κ3) is 2.88. The molecule has 0 aliphatic heterocycles. The van der Waals surface area contributed by atoms with Crippen molar-refractivity contribution in [3.05, 3.63) is 21.5 Å². The Hall–Kier alpha value is -0.560. The maximum Gasteiger partial charge on any atom is 0.138 e. The Morgan fingerprint density at radius 2 is 2.00 bits per heavy atom. The highest BCUT2D eigenvalue weighted by molar-refractivity contribution is 14.1. The molecule has 1 aromatic rings. The van der Waals surface area contributed by atoms with E-state index >= 15 is 0 Å². The summed E-state index contributed by atoms with van der Waals surface area (Å²) in [6, 6.07) is 3.04. The van der Waals surface area contributed by atoms with Gasteiger partial charge in [-0.15, -0.1) is 0 Å². The number of hydrogen-bond acceptors (Lipinski definition) is 3. The summed E-state index contributed by atoms with van der Waals surface area (Å²) in [6.45, 7) is 0.0556. The number of aliphatic hydroxyl groups is 1. The maximum absolute atomic E-state index is 13.6. The first-order chi connectivity index (χ1) is 8.56. The van der Waals surface area contributed by atoms with E-state index in [9.17, 15) is 9.50 Å². The fourth-order valence-corrected chi connectivity index (χ4v) is 3.00. The van der Waals surface area contributed by atoms with Crippen molar-refractivity contribution in [1.82, 2.24) is 0 Å². The predicted molar refractivity (Wildman–Crippen MR) is 80.1 cm³/mol. The van der Waals surface area contributed by atoms with Gasteiger partial charge in [0.25, 0.3) is 0 Å². The van der Waals surface area contributed by atoms with Gasteiger partial charge in [0.1, 0.15) is 5.82 Å². The minimum atomic E-state index is -0.342. The molecule has 0 aromatic heterocycles. The van der Waals surface area contributed by atoms with Crippen LogP contribution in [0.2, 0.25) is 0 Å². The first-order valence-electron chi connectivity index (χ1n) is 6.20. The molecule has 1 fully saturated rings. The molecule has 5 heteroatoms. The van der Waals surface area contributed by atoms with Gasteiger partial charge in [0.15, 0.2) is 0 Å². The van der Waals surface area contributed by atoms with Gasteiger partial charge in [-0.1, -0.05) is 19.3 Å². The lowest BCUT2D eigenvalue weighted by Crippen LogP contribution is -2.44. The third-order valence-corrected chi connectivity index (χ3v) is 4.43. The average molecular weight is 364 g/mol. The smallest absolute Gasteiger partial charge is 0.138 e. The highest BCUT2D eigenvalue weighted by atomic mass is 127. The van der Waals surface area contributed by atoms with E-state index in [1.165, 1.54) is 12.5 Å². The molecular formula is C13H18FIN2O. The molecule has 0 bridgehead atoms. The molecule has 0 atom stereocenters. The molecule has 1 aromatic carbocycles. The van der Waals surface area contributed by atoms with Crippen LogP contribution in [0.3, 0.4) is 0 Å². The largest absolute Gasteiger partial charge is 0.397 e. The summed E-state index contributed by atoms with van der Waals surface area (Å²) >= 11 is 1.92. The SMILES string of the molecule is Nc1cc(I)c(F)cc1NC1(CO)CCCCC1. The predicted octanol–water partition coefficient (Wildman–Crippen LogP) is 3.12. The van der Waals surface area contributed by atoms with Crippen LogP contribution in [0.1, 0.15) is 32.1 Å². The van der Waals surface area contributed by atoms with Gasteiger partial charge in [0, 0.05) is 6.07 Å². The number of nitrogen functional groups attached to an aromatic ring is 1. The van der Waals surface area contributed by atoms with Crippen LogP contribution in [0.4, 0.5) is 15.8 Å². The van der Waals surface area contributed by atoms with Crippen molar-refractivity contribution in [2.24, 2.45) is 0 Å².